The lowest BCUT2D eigenvalue weighted by Crippen LogP contribution is -2.51. The molecule has 1 aliphatic carbocycles. The Labute approximate surface area is 127 Å². The van der Waals surface area contributed by atoms with E-state index in [4.69, 9.17) is 0 Å². The van der Waals surface area contributed by atoms with Crippen molar-refractivity contribution in [1.29, 1.82) is 0 Å². The van der Waals surface area contributed by atoms with Crippen LogP contribution < -0.4 is 5.32 Å². The number of aliphatic carboxylic acids is 1. The van der Waals surface area contributed by atoms with Crippen molar-refractivity contribution >= 4 is 12.0 Å². The molecule has 0 aromatic carbocycles. The molecule has 1 saturated heterocycles. The van der Waals surface area contributed by atoms with Gasteiger partial charge in [-0.25, -0.2) is 4.79 Å². The maximum Gasteiger partial charge on any atom is 0.317 e. The van der Waals surface area contributed by atoms with Crippen molar-refractivity contribution in [3.05, 3.63) is 0 Å². The quantitative estimate of drug-likeness (QED) is 0.819. The standard InChI is InChI=1S/C16H28N2O3/c1-2-7-13-8-3-6-11-18(13)15(21)17-12-16(14(19)20)9-4-5-10-16/h13H,2-12H2,1H3,(H,17,21)(H,19,20). The Morgan fingerprint density at radius 1 is 1.24 bits per heavy atom. The van der Waals surface area contributed by atoms with Gasteiger partial charge in [-0.3, -0.25) is 4.79 Å². The van der Waals surface area contributed by atoms with Gasteiger partial charge in [0.1, 0.15) is 0 Å². The largest absolute Gasteiger partial charge is 0.481 e. The molecule has 1 atom stereocenters. The summed E-state index contributed by atoms with van der Waals surface area (Å²) in [5.41, 5.74) is -0.730. The molecule has 120 valence electrons. The highest BCUT2D eigenvalue weighted by atomic mass is 16.4. The van der Waals surface area contributed by atoms with Gasteiger partial charge in [0.05, 0.1) is 5.41 Å². The van der Waals surface area contributed by atoms with Crippen molar-refractivity contribution in [2.75, 3.05) is 13.1 Å². The fourth-order valence-electron chi connectivity index (χ4n) is 3.77. The minimum atomic E-state index is -0.760. The molecule has 0 spiro atoms. The van der Waals surface area contributed by atoms with E-state index >= 15 is 0 Å². The van der Waals surface area contributed by atoms with Crippen LogP contribution in [-0.4, -0.2) is 41.1 Å². The number of carbonyl (C=O) groups is 2. The van der Waals surface area contributed by atoms with Crippen molar-refractivity contribution in [1.82, 2.24) is 10.2 Å². The van der Waals surface area contributed by atoms with Gasteiger partial charge in [-0.05, 0) is 38.5 Å². The molecular weight excluding hydrogens is 268 g/mol. The highest BCUT2D eigenvalue weighted by Crippen LogP contribution is 2.37. The average Bonchev–Trinajstić information content (AvgIpc) is 2.96. The van der Waals surface area contributed by atoms with E-state index in [0.717, 1.165) is 45.1 Å². The van der Waals surface area contributed by atoms with E-state index < -0.39 is 11.4 Å². The van der Waals surface area contributed by atoms with Gasteiger partial charge >= 0.3 is 12.0 Å². The highest BCUT2D eigenvalue weighted by molar-refractivity contribution is 5.78. The normalized spacial score (nSPS) is 24.8. The first-order valence-electron chi connectivity index (χ1n) is 8.37. The third kappa shape index (κ3) is 3.69. The third-order valence-electron chi connectivity index (χ3n) is 5.10. The fraction of sp³-hybridized carbons (Fsp3) is 0.875. The molecule has 1 unspecified atom stereocenters. The van der Waals surface area contributed by atoms with Gasteiger partial charge in [-0.2, -0.15) is 0 Å². The zero-order valence-electron chi connectivity index (χ0n) is 13.1. The second-order valence-corrected chi connectivity index (χ2v) is 6.58. The molecule has 1 aliphatic heterocycles. The van der Waals surface area contributed by atoms with Crippen LogP contribution in [-0.2, 0) is 4.79 Å². The lowest BCUT2D eigenvalue weighted by atomic mass is 9.86. The Bertz CT molecular complexity index is 376. The van der Waals surface area contributed by atoms with Crippen molar-refractivity contribution in [2.45, 2.75) is 70.8 Å². The van der Waals surface area contributed by atoms with Gasteiger partial charge in [0.25, 0.3) is 0 Å². The van der Waals surface area contributed by atoms with Crippen LogP contribution in [0.1, 0.15) is 64.7 Å². The minimum Gasteiger partial charge on any atom is -0.481 e. The number of urea groups is 1. The number of carboxylic acids is 1. The zero-order valence-corrected chi connectivity index (χ0v) is 13.1. The maximum atomic E-state index is 12.4. The Hall–Kier alpha value is -1.26. The van der Waals surface area contributed by atoms with Gasteiger partial charge in [-0.15, -0.1) is 0 Å². The summed E-state index contributed by atoms with van der Waals surface area (Å²) in [5, 5.41) is 12.4. The van der Waals surface area contributed by atoms with Crippen LogP contribution in [0.4, 0.5) is 4.79 Å². The molecule has 5 nitrogen and oxygen atoms in total. The number of hydrogen-bond acceptors (Lipinski definition) is 2. The SMILES string of the molecule is CCCC1CCCCN1C(=O)NCC1(C(=O)O)CCCC1. The van der Waals surface area contributed by atoms with Gasteiger partial charge < -0.3 is 15.3 Å². The molecule has 0 bridgehead atoms. The molecule has 2 rings (SSSR count). The fourth-order valence-corrected chi connectivity index (χ4v) is 3.77. The minimum absolute atomic E-state index is 0.0688. The molecule has 2 N–H and O–H groups in total. The van der Waals surface area contributed by atoms with Crippen LogP contribution in [0.25, 0.3) is 0 Å². The monoisotopic (exact) mass is 296 g/mol. The number of nitrogens with one attached hydrogen (secondary N) is 1. The Balaban J connectivity index is 1.92. The molecule has 2 aliphatic rings. The number of carbonyl (C=O) groups excluding carboxylic acids is 1. The van der Waals surface area contributed by atoms with Gasteiger partial charge in [-0.1, -0.05) is 26.2 Å². The summed E-state index contributed by atoms with van der Waals surface area (Å²) in [6.07, 6.45) is 8.69. The van der Waals surface area contributed by atoms with Crippen LogP contribution in [0.2, 0.25) is 0 Å². The summed E-state index contributed by atoms with van der Waals surface area (Å²) in [5.74, 6) is -0.760. The average molecular weight is 296 g/mol. The number of piperidine rings is 1. The third-order valence-corrected chi connectivity index (χ3v) is 5.10. The molecule has 0 radical (unpaired) electrons. The first-order valence-corrected chi connectivity index (χ1v) is 8.37. The van der Waals surface area contributed by atoms with Crippen molar-refractivity contribution < 1.29 is 14.7 Å². The first-order chi connectivity index (χ1) is 10.1. The second kappa shape index (κ2) is 7.14. The summed E-state index contributed by atoms with van der Waals surface area (Å²) in [6, 6.07) is 0.258. The number of rotatable bonds is 5. The second-order valence-electron chi connectivity index (χ2n) is 6.58. The van der Waals surface area contributed by atoms with E-state index in [2.05, 4.69) is 12.2 Å². The maximum absolute atomic E-state index is 12.4. The predicted molar refractivity (Wildman–Crippen MR) is 81.2 cm³/mol. The van der Waals surface area contributed by atoms with E-state index in [1.54, 1.807) is 0 Å². The summed E-state index contributed by atoms with van der Waals surface area (Å²) >= 11 is 0. The van der Waals surface area contributed by atoms with E-state index in [-0.39, 0.29) is 12.6 Å². The number of likely N-dealkylation sites (tertiary alicyclic amines) is 1. The molecule has 21 heavy (non-hydrogen) atoms. The molecule has 2 amide bonds. The molecule has 2 fully saturated rings. The van der Waals surface area contributed by atoms with E-state index in [1.165, 1.54) is 6.42 Å². The van der Waals surface area contributed by atoms with Crippen LogP contribution in [0.5, 0.6) is 0 Å². The predicted octanol–water partition coefficient (Wildman–Crippen LogP) is 3.00. The van der Waals surface area contributed by atoms with Crippen LogP contribution in [0.3, 0.4) is 0 Å². The van der Waals surface area contributed by atoms with Crippen LogP contribution in [0.15, 0.2) is 0 Å². The van der Waals surface area contributed by atoms with E-state index in [1.807, 2.05) is 4.90 Å². The lowest BCUT2D eigenvalue weighted by Gasteiger charge is -2.36. The lowest BCUT2D eigenvalue weighted by molar-refractivity contribution is -0.148. The summed E-state index contributed by atoms with van der Waals surface area (Å²) in [4.78, 5) is 25.9. The number of nitrogens with zero attached hydrogens (tertiary/aromatic N) is 1. The number of amides is 2. The van der Waals surface area contributed by atoms with Crippen LogP contribution in [0, 0.1) is 5.41 Å². The van der Waals surface area contributed by atoms with Crippen LogP contribution >= 0.6 is 0 Å². The van der Waals surface area contributed by atoms with E-state index in [0.29, 0.717) is 18.9 Å². The highest BCUT2D eigenvalue weighted by Gasteiger charge is 2.42. The Morgan fingerprint density at radius 2 is 1.95 bits per heavy atom. The van der Waals surface area contributed by atoms with Gasteiger partial charge in [0, 0.05) is 19.1 Å². The smallest absolute Gasteiger partial charge is 0.317 e. The molecule has 0 aromatic rings. The first kappa shape index (κ1) is 16.1. The molecule has 1 saturated carbocycles. The zero-order chi connectivity index (χ0) is 15.3. The van der Waals surface area contributed by atoms with Crippen molar-refractivity contribution in [3.8, 4) is 0 Å². The van der Waals surface area contributed by atoms with Crippen molar-refractivity contribution in [3.63, 3.8) is 0 Å². The summed E-state index contributed by atoms with van der Waals surface area (Å²) < 4.78 is 0. The molecule has 0 aromatic heterocycles. The number of carboxylic acid groups (broad SMARTS) is 1. The molecule has 1 heterocycles. The topological polar surface area (TPSA) is 69.6 Å². The van der Waals surface area contributed by atoms with Crippen molar-refractivity contribution in [2.24, 2.45) is 5.41 Å². The number of hydrogen-bond donors (Lipinski definition) is 2. The van der Waals surface area contributed by atoms with Gasteiger partial charge in [0.2, 0.25) is 0 Å². The molecule has 5 heteroatoms. The Morgan fingerprint density at radius 3 is 2.57 bits per heavy atom. The summed E-state index contributed by atoms with van der Waals surface area (Å²) in [7, 11) is 0. The van der Waals surface area contributed by atoms with E-state index in [9.17, 15) is 14.7 Å². The van der Waals surface area contributed by atoms with Gasteiger partial charge in [0.15, 0.2) is 0 Å². The Kier molecular flexibility index (Phi) is 5.48. The summed E-state index contributed by atoms with van der Waals surface area (Å²) in [6.45, 7) is 3.22. The molecular formula is C16H28N2O3.